The number of aryl methyl sites for hydroxylation is 2. The lowest BCUT2D eigenvalue weighted by molar-refractivity contribution is -0.384. The molecule has 0 N–H and O–H groups in total. The van der Waals surface area contributed by atoms with E-state index in [2.05, 4.69) is 4.98 Å². The number of nitrogens with zero attached hydrogens (tertiary/aromatic N) is 3. The molecule has 0 aliphatic carbocycles. The number of rotatable bonds is 5. The van der Waals surface area contributed by atoms with Crippen molar-refractivity contribution < 1.29 is 13.3 Å². The number of fused-ring (bicyclic) bond motifs is 1. The third kappa shape index (κ3) is 2.79. The van der Waals surface area contributed by atoms with Crippen LogP contribution in [-0.4, -0.2) is 34.4 Å². The Kier molecular flexibility index (Phi) is 3.76. The number of nitro groups is 1. The molecule has 108 valence electrons. The second-order valence-corrected chi connectivity index (χ2v) is 6.95. The van der Waals surface area contributed by atoms with Crippen molar-refractivity contribution in [2.45, 2.75) is 20.4 Å². The molecular weight excluding hydrogens is 282 g/mol. The smallest absolute Gasteiger partial charge is 0.271 e. The minimum Gasteiger partial charge on any atom is -0.327 e. The molecule has 8 heteroatoms. The van der Waals surface area contributed by atoms with Crippen molar-refractivity contribution in [3.63, 3.8) is 0 Å². The van der Waals surface area contributed by atoms with Crippen molar-refractivity contribution >= 4 is 26.6 Å². The average molecular weight is 297 g/mol. The zero-order valence-corrected chi connectivity index (χ0v) is 12.1. The van der Waals surface area contributed by atoms with E-state index >= 15 is 0 Å². The Hall–Kier alpha value is -1.96. The molecule has 0 saturated carbocycles. The molecule has 2 aromatic rings. The van der Waals surface area contributed by atoms with E-state index in [0.717, 1.165) is 0 Å². The molecule has 0 aliphatic heterocycles. The minimum atomic E-state index is -3.06. The summed E-state index contributed by atoms with van der Waals surface area (Å²) < 4.78 is 24.9. The van der Waals surface area contributed by atoms with E-state index in [-0.39, 0.29) is 17.2 Å². The van der Waals surface area contributed by atoms with Crippen molar-refractivity contribution in [3.8, 4) is 0 Å². The van der Waals surface area contributed by atoms with Crippen molar-refractivity contribution in [1.82, 2.24) is 9.55 Å². The standard InChI is InChI=1S/C12H15N3O4S/c1-3-20(18,19)7-6-14-9(2)13-11-8-10(15(16)17)4-5-12(11)14/h4-5,8H,3,6-7H2,1-2H3. The molecule has 0 unspecified atom stereocenters. The number of imidazole rings is 1. The quantitative estimate of drug-likeness (QED) is 0.618. The largest absolute Gasteiger partial charge is 0.327 e. The number of nitro benzene ring substituents is 1. The lowest BCUT2D eigenvalue weighted by Crippen LogP contribution is -2.15. The molecule has 0 radical (unpaired) electrons. The van der Waals surface area contributed by atoms with Gasteiger partial charge in [-0.25, -0.2) is 13.4 Å². The molecule has 0 amide bonds. The summed E-state index contributed by atoms with van der Waals surface area (Å²) in [7, 11) is -3.06. The van der Waals surface area contributed by atoms with Gasteiger partial charge in [0.05, 0.1) is 21.7 Å². The first-order chi connectivity index (χ1) is 9.34. The van der Waals surface area contributed by atoms with Crippen LogP contribution in [0.25, 0.3) is 11.0 Å². The summed E-state index contributed by atoms with van der Waals surface area (Å²) >= 11 is 0. The van der Waals surface area contributed by atoms with Gasteiger partial charge in [0.2, 0.25) is 0 Å². The molecule has 0 atom stereocenters. The highest BCUT2D eigenvalue weighted by atomic mass is 32.2. The number of hydrogen-bond acceptors (Lipinski definition) is 5. The third-order valence-electron chi connectivity index (χ3n) is 3.20. The van der Waals surface area contributed by atoms with Crippen LogP contribution in [0.3, 0.4) is 0 Å². The molecule has 0 fully saturated rings. The first-order valence-electron chi connectivity index (χ1n) is 6.16. The van der Waals surface area contributed by atoms with E-state index < -0.39 is 14.8 Å². The Bertz CT molecular complexity index is 764. The maximum Gasteiger partial charge on any atom is 0.271 e. The molecule has 0 aliphatic rings. The zero-order chi connectivity index (χ0) is 14.9. The van der Waals surface area contributed by atoms with E-state index in [9.17, 15) is 18.5 Å². The monoisotopic (exact) mass is 297 g/mol. The Labute approximate surface area is 116 Å². The van der Waals surface area contributed by atoms with Crippen LogP contribution >= 0.6 is 0 Å². The van der Waals surface area contributed by atoms with Crippen molar-refractivity contribution in [2.75, 3.05) is 11.5 Å². The van der Waals surface area contributed by atoms with Gasteiger partial charge >= 0.3 is 0 Å². The van der Waals surface area contributed by atoms with Gasteiger partial charge in [-0.3, -0.25) is 10.1 Å². The highest BCUT2D eigenvalue weighted by Crippen LogP contribution is 2.21. The van der Waals surface area contributed by atoms with Gasteiger partial charge in [0.25, 0.3) is 5.69 Å². The summed E-state index contributed by atoms with van der Waals surface area (Å²) in [6, 6.07) is 4.40. The lowest BCUT2D eigenvalue weighted by Gasteiger charge is -2.06. The van der Waals surface area contributed by atoms with Crippen LogP contribution in [0.2, 0.25) is 0 Å². The molecule has 2 rings (SSSR count). The lowest BCUT2D eigenvalue weighted by atomic mass is 10.3. The number of benzene rings is 1. The van der Waals surface area contributed by atoms with Gasteiger partial charge in [0, 0.05) is 24.4 Å². The van der Waals surface area contributed by atoms with Crippen LogP contribution in [0.15, 0.2) is 18.2 Å². The van der Waals surface area contributed by atoms with Gasteiger partial charge in [-0.15, -0.1) is 0 Å². The van der Waals surface area contributed by atoms with Crippen LogP contribution in [0.4, 0.5) is 5.69 Å². The molecule has 1 aromatic carbocycles. The Balaban J connectivity index is 2.39. The molecule has 20 heavy (non-hydrogen) atoms. The highest BCUT2D eigenvalue weighted by Gasteiger charge is 2.14. The highest BCUT2D eigenvalue weighted by molar-refractivity contribution is 7.91. The van der Waals surface area contributed by atoms with Crippen LogP contribution in [0.5, 0.6) is 0 Å². The average Bonchev–Trinajstić information content (AvgIpc) is 2.71. The van der Waals surface area contributed by atoms with E-state index in [4.69, 9.17) is 0 Å². The fourth-order valence-electron chi connectivity index (χ4n) is 2.01. The third-order valence-corrected chi connectivity index (χ3v) is 4.88. The second-order valence-electron chi connectivity index (χ2n) is 4.48. The van der Waals surface area contributed by atoms with E-state index in [1.54, 1.807) is 24.5 Å². The first-order valence-corrected chi connectivity index (χ1v) is 7.98. The summed E-state index contributed by atoms with van der Waals surface area (Å²) in [5, 5.41) is 10.7. The number of sulfone groups is 1. The van der Waals surface area contributed by atoms with Gasteiger partial charge in [-0.05, 0) is 13.0 Å². The zero-order valence-electron chi connectivity index (χ0n) is 11.2. The van der Waals surface area contributed by atoms with Gasteiger partial charge in [0.15, 0.2) is 9.84 Å². The van der Waals surface area contributed by atoms with Crippen LogP contribution in [0.1, 0.15) is 12.7 Å². The van der Waals surface area contributed by atoms with E-state index in [0.29, 0.717) is 23.4 Å². The van der Waals surface area contributed by atoms with Crippen molar-refractivity contribution in [1.29, 1.82) is 0 Å². The summed E-state index contributed by atoms with van der Waals surface area (Å²) in [6.45, 7) is 3.66. The topological polar surface area (TPSA) is 95.1 Å². The Morgan fingerprint density at radius 1 is 1.40 bits per heavy atom. The van der Waals surface area contributed by atoms with Gasteiger partial charge < -0.3 is 4.57 Å². The van der Waals surface area contributed by atoms with Crippen molar-refractivity contribution in [3.05, 3.63) is 34.1 Å². The molecule has 1 aromatic heterocycles. The minimum absolute atomic E-state index is 0.0247. The van der Waals surface area contributed by atoms with Crippen molar-refractivity contribution in [2.24, 2.45) is 0 Å². The SMILES string of the molecule is CCS(=O)(=O)CCn1c(C)nc2cc([N+](=O)[O-])ccc21. The molecule has 0 spiro atoms. The van der Waals surface area contributed by atoms with Gasteiger partial charge in [-0.1, -0.05) is 6.92 Å². The number of aromatic nitrogens is 2. The molecule has 0 bridgehead atoms. The van der Waals surface area contributed by atoms with Gasteiger partial charge in [-0.2, -0.15) is 0 Å². The second kappa shape index (κ2) is 5.20. The Morgan fingerprint density at radius 2 is 2.10 bits per heavy atom. The van der Waals surface area contributed by atoms with E-state index in [1.807, 2.05) is 0 Å². The van der Waals surface area contributed by atoms with Crippen LogP contribution in [0, 0.1) is 17.0 Å². The van der Waals surface area contributed by atoms with Crippen LogP contribution in [-0.2, 0) is 16.4 Å². The first kappa shape index (κ1) is 14.4. The summed E-state index contributed by atoms with van der Waals surface area (Å²) in [6.07, 6.45) is 0. The molecular formula is C12H15N3O4S. The molecule has 1 heterocycles. The molecule has 0 saturated heterocycles. The molecule has 7 nitrogen and oxygen atoms in total. The predicted molar refractivity (Wildman–Crippen MR) is 75.5 cm³/mol. The van der Waals surface area contributed by atoms with Gasteiger partial charge in [0.1, 0.15) is 5.82 Å². The summed E-state index contributed by atoms with van der Waals surface area (Å²) in [5.41, 5.74) is 1.19. The van der Waals surface area contributed by atoms with E-state index in [1.165, 1.54) is 12.1 Å². The Morgan fingerprint density at radius 3 is 2.70 bits per heavy atom. The summed E-state index contributed by atoms with van der Waals surface area (Å²) in [5.74, 6) is 0.781. The number of hydrogen-bond donors (Lipinski definition) is 0. The maximum atomic E-state index is 11.6. The predicted octanol–water partition coefficient (Wildman–Crippen LogP) is 1.69. The fraction of sp³-hybridized carbons (Fsp3) is 0.417. The number of non-ortho nitro benzene ring substituents is 1. The fourth-order valence-corrected chi connectivity index (χ4v) is 2.76. The van der Waals surface area contributed by atoms with Crippen LogP contribution < -0.4 is 0 Å². The summed E-state index contributed by atoms with van der Waals surface area (Å²) in [4.78, 5) is 14.5. The normalized spacial score (nSPS) is 11.9. The maximum absolute atomic E-state index is 11.6.